The minimum absolute atomic E-state index is 0.0483. The van der Waals surface area contributed by atoms with E-state index in [1.807, 2.05) is 17.5 Å². The highest BCUT2D eigenvalue weighted by molar-refractivity contribution is 7.16. The number of thiophene rings is 1. The highest BCUT2D eigenvalue weighted by atomic mass is 32.1. The fraction of sp³-hybridized carbons (Fsp3) is 0.364. The third kappa shape index (κ3) is 1.84. The van der Waals surface area contributed by atoms with Crippen LogP contribution in [0.5, 0.6) is 0 Å². The molecule has 3 heterocycles. The molecule has 94 valence electrons. The first-order valence-electron chi connectivity index (χ1n) is 5.68. The second kappa shape index (κ2) is 4.42. The Morgan fingerprint density at radius 3 is 2.83 bits per heavy atom. The summed E-state index contributed by atoms with van der Waals surface area (Å²) < 4.78 is 1.79. The van der Waals surface area contributed by atoms with Gasteiger partial charge in [0.15, 0.2) is 5.82 Å². The van der Waals surface area contributed by atoms with Gasteiger partial charge in [0.05, 0.1) is 10.9 Å². The summed E-state index contributed by atoms with van der Waals surface area (Å²) in [7, 11) is 0. The summed E-state index contributed by atoms with van der Waals surface area (Å²) in [5.41, 5.74) is 6.12. The van der Waals surface area contributed by atoms with E-state index < -0.39 is 0 Å². The molecular weight excluding hydrogens is 266 g/mol. The quantitative estimate of drug-likeness (QED) is 0.800. The molecule has 0 aromatic carbocycles. The second-order valence-corrected chi connectivity index (χ2v) is 6.34. The Labute approximate surface area is 112 Å². The molecule has 1 atom stereocenters. The van der Waals surface area contributed by atoms with E-state index in [9.17, 15) is 0 Å². The third-order valence-electron chi connectivity index (χ3n) is 2.75. The summed E-state index contributed by atoms with van der Waals surface area (Å²) in [5.74, 6) is 1.15. The molecule has 1 unspecified atom stereocenters. The van der Waals surface area contributed by atoms with Crippen LogP contribution in [-0.2, 0) is 0 Å². The predicted molar refractivity (Wildman–Crippen MR) is 73.7 cm³/mol. The predicted octanol–water partition coefficient (Wildman–Crippen LogP) is 2.57. The van der Waals surface area contributed by atoms with Crippen LogP contribution in [0.1, 0.15) is 24.9 Å². The molecule has 0 fully saturated rings. The van der Waals surface area contributed by atoms with Gasteiger partial charge in [0.25, 0.3) is 0 Å². The Balaban J connectivity index is 2.09. The molecule has 0 radical (unpaired) electrons. The lowest BCUT2D eigenvalue weighted by atomic mass is 10.1. The van der Waals surface area contributed by atoms with Crippen LogP contribution in [0, 0.1) is 5.92 Å². The van der Waals surface area contributed by atoms with Gasteiger partial charge in [-0.2, -0.15) is 9.61 Å². The molecule has 2 N–H and O–H groups in total. The molecule has 0 aliphatic heterocycles. The number of nitrogens with two attached hydrogens (primary N) is 1. The van der Waals surface area contributed by atoms with Gasteiger partial charge in [-0.15, -0.1) is 21.5 Å². The van der Waals surface area contributed by atoms with Crippen molar-refractivity contribution < 1.29 is 0 Å². The number of aromatic nitrogens is 4. The summed E-state index contributed by atoms with van der Waals surface area (Å²) in [6.45, 7) is 4.18. The first-order chi connectivity index (χ1) is 8.66. The van der Waals surface area contributed by atoms with E-state index in [0.29, 0.717) is 5.92 Å². The van der Waals surface area contributed by atoms with E-state index in [0.717, 1.165) is 20.7 Å². The van der Waals surface area contributed by atoms with Crippen molar-refractivity contribution in [1.29, 1.82) is 0 Å². The van der Waals surface area contributed by atoms with Crippen molar-refractivity contribution >= 4 is 27.6 Å². The van der Waals surface area contributed by atoms with Crippen LogP contribution in [0.15, 0.2) is 17.5 Å². The number of hydrogen-bond acceptors (Lipinski definition) is 6. The summed E-state index contributed by atoms with van der Waals surface area (Å²) in [4.78, 5) is 1.86. The molecule has 0 spiro atoms. The van der Waals surface area contributed by atoms with Gasteiger partial charge in [-0.05, 0) is 17.4 Å². The molecule has 3 aromatic rings. The van der Waals surface area contributed by atoms with E-state index in [-0.39, 0.29) is 6.04 Å². The van der Waals surface area contributed by atoms with Gasteiger partial charge < -0.3 is 5.73 Å². The maximum atomic E-state index is 6.12. The number of rotatable bonds is 3. The molecule has 0 amide bonds. The van der Waals surface area contributed by atoms with Crippen LogP contribution >= 0.6 is 22.7 Å². The lowest BCUT2D eigenvalue weighted by Gasteiger charge is -2.10. The van der Waals surface area contributed by atoms with Crippen molar-refractivity contribution in [2.75, 3.05) is 0 Å². The smallest absolute Gasteiger partial charge is 0.235 e. The summed E-state index contributed by atoms with van der Waals surface area (Å²) in [6, 6.07) is 3.96. The van der Waals surface area contributed by atoms with Crippen LogP contribution in [0.2, 0.25) is 0 Å². The molecule has 3 aromatic heterocycles. The molecule has 7 heteroatoms. The maximum Gasteiger partial charge on any atom is 0.235 e. The Morgan fingerprint density at radius 1 is 1.33 bits per heavy atom. The van der Waals surface area contributed by atoms with Crippen LogP contribution in [0.3, 0.4) is 0 Å². The van der Waals surface area contributed by atoms with Crippen molar-refractivity contribution in [3.8, 4) is 10.7 Å². The molecule has 18 heavy (non-hydrogen) atoms. The van der Waals surface area contributed by atoms with Gasteiger partial charge >= 0.3 is 0 Å². The largest absolute Gasteiger partial charge is 0.322 e. The Kier molecular flexibility index (Phi) is 2.89. The van der Waals surface area contributed by atoms with Crippen molar-refractivity contribution in [1.82, 2.24) is 19.8 Å². The Morgan fingerprint density at radius 2 is 2.17 bits per heavy atom. The van der Waals surface area contributed by atoms with Crippen molar-refractivity contribution in [3.05, 3.63) is 22.5 Å². The van der Waals surface area contributed by atoms with Gasteiger partial charge in [0.2, 0.25) is 4.96 Å². The monoisotopic (exact) mass is 279 g/mol. The van der Waals surface area contributed by atoms with Gasteiger partial charge in [0.1, 0.15) is 5.01 Å². The summed E-state index contributed by atoms with van der Waals surface area (Å²) in [6.07, 6.45) is 0. The highest BCUT2D eigenvalue weighted by Gasteiger charge is 2.19. The van der Waals surface area contributed by atoms with Crippen LogP contribution < -0.4 is 5.73 Å². The SMILES string of the molecule is CC(C)C(N)c1nn2c(-c3cccs3)nnc2s1. The number of hydrogen-bond donors (Lipinski definition) is 1. The van der Waals surface area contributed by atoms with Crippen LogP contribution in [0.25, 0.3) is 15.7 Å². The summed E-state index contributed by atoms with van der Waals surface area (Å²) in [5, 5.41) is 15.8. The molecule has 3 rings (SSSR count). The van der Waals surface area contributed by atoms with E-state index in [1.54, 1.807) is 15.9 Å². The van der Waals surface area contributed by atoms with Crippen LogP contribution in [-0.4, -0.2) is 19.8 Å². The Bertz CT molecular complexity index is 652. The molecule has 0 saturated heterocycles. The standard InChI is InChI=1S/C11H13N5S2/c1-6(2)8(12)10-15-16-9(7-4-3-5-17-7)13-14-11(16)18-10/h3-6,8H,12H2,1-2H3. The average Bonchev–Trinajstić information content (AvgIpc) is 3.02. The lowest BCUT2D eigenvalue weighted by molar-refractivity contribution is 0.507. The number of nitrogens with zero attached hydrogens (tertiary/aromatic N) is 4. The lowest BCUT2D eigenvalue weighted by Crippen LogP contribution is -2.16. The molecule has 0 aliphatic rings. The van der Waals surface area contributed by atoms with Gasteiger partial charge in [-0.3, -0.25) is 0 Å². The summed E-state index contributed by atoms with van der Waals surface area (Å²) >= 11 is 3.14. The minimum Gasteiger partial charge on any atom is -0.322 e. The van der Waals surface area contributed by atoms with E-state index in [1.165, 1.54) is 11.3 Å². The van der Waals surface area contributed by atoms with Crippen molar-refractivity contribution in [2.45, 2.75) is 19.9 Å². The van der Waals surface area contributed by atoms with Gasteiger partial charge in [-0.1, -0.05) is 31.3 Å². The molecule has 0 aliphatic carbocycles. The fourth-order valence-electron chi connectivity index (χ4n) is 1.61. The number of fused-ring (bicyclic) bond motifs is 1. The fourth-order valence-corrected chi connectivity index (χ4v) is 3.32. The second-order valence-electron chi connectivity index (χ2n) is 4.41. The maximum absolute atomic E-state index is 6.12. The zero-order chi connectivity index (χ0) is 12.7. The molecule has 0 saturated carbocycles. The third-order valence-corrected chi connectivity index (χ3v) is 4.62. The van der Waals surface area contributed by atoms with E-state index in [2.05, 4.69) is 29.1 Å². The van der Waals surface area contributed by atoms with Gasteiger partial charge in [-0.25, -0.2) is 0 Å². The Hall–Kier alpha value is -1.31. The van der Waals surface area contributed by atoms with Crippen molar-refractivity contribution in [3.63, 3.8) is 0 Å². The van der Waals surface area contributed by atoms with E-state index >= 15 is 0 Å². The van der Waals surface area contributed by atoms with Gasteiger partial charge in [0, 0.05) is 0 Å². The van der Waals surface area contributed by atoms with E-state index in [4.69, 9.17) is 5.73 Å². The molecule has 5 nitrogen and oxygen atoms in total. The molecular formula is C11H13N5S2. The van der Waals surface area contributed by atoms with Crippen LogP contribution in [0.4, 0.5) is 0 Å². The highest BCUT2D eigenvalue weighted by Crippen LogP contribution is 2.28. The zero-order valence-corrected chi connectivity index (χ0v) is 11.7. The topological polar surface area (TPSA) is 69.1 Å². The average molecular weight is 279 g/mol. The normalized spacial score (nSPS) is 13.6. The minimum atomic E-state index is -0.0483. The first-order valence-corrected chi connectivity index (χ1v) is 7.38. The zero-order valence-electron chi connectivity index (χ0n) is 10.1. The molecule has 0 bridgehead atoms. The first kappa shape index (κ1) is 11.8. The van der Waals surface area contributed by atoms with Crippen molar-refractivity contribution in [2.24, 2.45) is 11.7 Å².